The summed E-state index contributed by atoms with van der Waals surface area (Å²) in [6.45, 7) is 6.28. The van der Waals surface area contributed by atoms with E-state index in [4.69, 9.17) is 9.84 Å². The van der Waals surface area contributed by atoms with E-state index in [0.717, 1.165) is 0 Å². The molecule has 0 bridgehead atoms. The third-order valence-corrected chi connectivity index (χ3v) is 3.51. The van der Waals surface area contributed by atoms with Gasteiger partial charge in [0.05, 0.1) is 5.56 Å². The number of benzene rings is 2. The molecule has 2 N–H and O–H groups in total. The summed E-state index contributed by atoms with van der Waals surface area (Å²) in [5, 5.41) is 11.5. The Bertz CT molecular complexity index is 713. The normalized spacial score (nSPS) is 11.0. The molecule has 24 heavy (non-hydrogen) atoms. The van der Waals surface area contributed by atoms with Crippen molar-refractivity contribution in [1.29, 1.82) is 0 Å². The molecular weight excluding hydrogens is 306 g/mol. The van der Waals surface area contributed by atoms with Crippen LogP contribution >= 0.6 is 0 Å². The lowest BCUT2D eigenvalue weighted by Crippen LogP contribution is -2.20. The van der Waals surface area contributed by atoms with Crippen LogP contribution in [0.3, 0.4) is 0 Å². The first-order valence-electron chi connectivity index (χ1n) is 7.62. The van der Waals surface area contributed by atoms with Gasteiger partial charge in [0, 0.05) is 5.69 Å². The average Bonchev–Trinajstić information content (AvgIpc) is 2.53. The topological polar surface area (TPSA) is 75.6 Å². The molecule has 0 aromatic heterocycles. The van der Waals surface area contributed by atoms with Gasteiger partial charge in [-0.2, -0.15) is 0 Å². The molecule has 0 spiro atoms. The van der Waals surface area contributed by atoms with Gasteiger partial charge in [-0.05, 0) is 47.4 Å². The second-order valence-corrected chi connectivity index (χ2v) is 6.49. The third kappa shape index (κ3) is 4.84. The lowest BCUT2D eigenvalue weighted by atomic mass is 9.87. The van der Waals surface area contributed by atoms with Crippen LogP contribution in [0, 0.1) is 0 Å². The molecule has 126 valence electrons. The second kappa shape index (κ2) is 7.17. The summed E-state index contributed by atoms with van der Waals surface area (Å²) in [5.41, 5.74) is 1.95. The number of nitrogens with one attached hydrogen (secondary N) is 1. The zero-order valence-corrected chi connectivity index (χ0v) is 14.0. The van der Waals surface area contributed by atoms with Gasteiger partial charge >= 0.3 is 5.97 Å². The van der Waals surface area contributed by atoms with Gasteiger partial charge in [0.1, 0.15) is 5.75 Å². The minimum Gasteiger partial charge on any atom is -0.484 e. The van der Waals surface area contributed by atoms with Crippen LogP contribution < -0.4 is 10.1 Å². The number of carboxylic acids is 1. The van der Waals surface area contributed by atoms with Gasteiger partial charge in [-0.1, -0.05) is 32.9 Å². The minimum atomic E-state index is -1.00. The molecule has 0 atom stereocenters. The minimum absolute atomic E-state index is 0.0675. The molecule has 0 saturated heterocycles. The van der Waals surface area contributed by atoms with E-state index in [-0.39, 0.29) is 23.5 Å². The summed E-state index contributed by atoms with van der Waals surface area (Å²) in [6, 6.07) is 13.6. The Morgan fingerprint density at radius 1 is 1.00 bits per heavy atom. The van der Waals surface area contributed by atoms with E-state index >= 15 is 0 Å². The van der Waals surface area contributed by atoms with Crippen LogP contribution in [0.2, 0.25) is 0 Å². The van der Waals surface area contributed by atoms with Crippen LogP contribution in [0.4, 0.5) is 5.69 Å². The van der Waals surface area contributed by atoms with Crippen LogP contribution in [-0.4, -0.2) is 23.6 Å². The van der Waals surface area contributed by atoms with Gasteiger partial charge in [-0.25, -0.2) is 4.79 Å². The summed E-state index contributed by atoms with van der Waals surface area (Å²) in [6.07, 6.45) is 0. The van der Waals surface area contributed by atoms with E-state index in [9.17, 15) is 9.59 Å². The molecule has 2 aromatic carbocycles. The fraction of sp³-hybridized carbons (Fsp3) is 0.263. The van der Waals surface area contributed by atoms with E-state index in [1.807, 2.05) is 24.3 Å². The largest absolute Gasteiger partial charge is 0.484 e. The van der Waals surface area contributed by atoms with E-state index < -0.39 is 5.97 Å². The summed E-state index contributed by atoms with van der Waals surface area (Å²) in [4.78, 5) is 22.7. The Hall–Kier alpha value is -2.82. The zero-order chi connectivity index (χ0) is 17.7. The maximum absolute atomic E-state index is 11.9. The Morgan fingerprint density at radius 3 is 2.08 bits per heavy atom. The number of ether oxygens (including phenoxy) is 1. The van der Waals surface area contributed by atoms with Crippen molar-refractivity contribution >= 4 is 17.6 Å². The number of anilines is 1. The van der Waals surface area contributed by atoms with Crippen molar-refractivity contribution in [2.75, 3.05) is 11.9 Å². The molecule has 0 aliphatic rings. The van der Waals surface area contributed by atoms with Gasteiger partial charge in [0.2, 0.25) is 0 Å². The van der Waals surface area contributed by atoms with Crippen molar-refractivity contribution in [2.45, 2.75) is 26.2 Å². The highest BCUT2D eigenvalue weighted by molar-refractivity contribution is 5.93. The summed E-state index contributed by atoms with van der Waals surface area (Å²) >= 11 is 0. The first-order chi connectivity index (χ1) is 11.3. The van der Waals surface area contributed by atoms with Crippen LogP contribution in [0.1, 0.15) is 36.7 Å². The maximum atomic E-state index is 11.9. The molecule has 0 aliphatic carbocycles. The molecule has 0 aliphatic heterocycles. The lowest BCUT2D eigenvalue weighted by Gasteiger charge is -2.19. The highest BCUT2D eigenvalue weighted by Gasteiger charge is 2.13. The van der Waals surface area contributed by atoms with Crippen LogP contribution in [0.25, 0.3) is 0 Å². The predicted molar refractivity (Wildman–Crippen MR) is 92.7 cm³/mol. The number of carbonyl (C=O) groups excluding carboxylic acids is 1. The number of aromatic carboxylic acids is 1. The molecule has 2 aromatic rings. The number of hydrogen-bond donors (Lipinski definition) is 2. The van der Waals surface area contributed by atoms with E-state index in [1.165, 1.54) is 17.7 Å². The van der Waals surface area contributed by atoms with Crippen molar-refractivity contribution in [2.24, 2.45) is 0 Å². The zero-order valence-electron chi connectivity index (χ0n) is 14.0. The highest BCUT2D eigenvalue weighted by Crippen LogP contribution is 2.24. The van der Waals surface area contributed by atoms with Crippen molar-refractivity contribution in [3.63, 3.8) is 0 Å². The van der Waals surface area contributed by atoms with Gasteiger partial charge in [0.25, 0.3) is 5.91 Å². The number of hydrogen-bond acceptors (Lipinski definition) is 3. The van der Waals surface area contributed by atoms with Crippen molar-refractivity contribution in [3.8, 4) is 5.75 Å². The fourth-order valence-corrected chi connectivity index (χ4v) is 2.09. The number of carboxylic acid groups (broad SMARTS) is 1. The molecule has 1 amide bonds. The standard InChI is InChI=1S/C19H21NO4/c1-19(2,3)14-6-10-16(11-7-14)24-12-17(21)20-15-8-4-13(5-9-15)18(22)23/h4-11H,12H2,1-3H3,(H,20,21)(H,22,23). The average molecular weight is 327 g/mol. The Labute approximate surface area is 141 Å². The smallest absolute Gasteiger partial charge is 0.335 e. The van der Waals surface area contributed by atoms with E-state index in [1.54, 1.807) is 12.1 Å². The summed E-state index contributed by atoms with van der Waals surface area (Å²) < 4.78 is 5.46. The summed E-state index contributed by atoms with van der Waals surface area (Å²) in [5.74, 6) is -0.688. The quantitative estimate of drug-likeness (QED) is 0.878. The first-order valence-corrected chi connectivity index (χ1v) is 7.62. The molecule has 5 nitrogen and oxygen atoms in total. The first kappa shape index (κ1) is 17.5. The second-order valence-electron chi connectivity index (χ2n) is 6.49. The van der Waals surface area contributed by atoms with Gasteiger partial charge in [0.15, 0.2) is 6.61 Å². The monoisotopic (exact) mass is 327 g/mol. The fourth-order valence-electron chi connectivity index (χ4n) is 2.09. The van der Waals surface area contributed by atoms with Gasteiger partial charge < -0.3 is 15.2 Å². The number of carbonyl (C=O) groups is 2. The molecule has 0 heterocycles. The van der Waals surface area contributed by atoms with Crippen molar-refractivity contribution in [3.05, 3.63) is 59.7 Å². The Morgan fingerprint density at radius 2 is 1.58 bits per heavy atom. The molecular formula is C19H21NO4. The highest BCUT2D eigenvalue weighted by atomic mass is 16.5. The van der Waals surface area contributed by atoms with Crippen molar-refractivity contribution in [1.82, 2.24) is 0 Å². The third-order valence-electron chi connectivity index (χ3n) is 3.51. The van der Waals surface area contributed by atoms with Crippen molar-refractivity contribution < 1.29 is 19.4 Å². The van der Waals surface area contributed by atoms with Gasteiger partial charge in [-0.3, -0.25) is 4.79 Å². The lowest BCUT2D eigenvalue weighted by molar-refractivity contribution is -0.118. The maximum Gasteiger partial charge on any atom is 0.335 e. The predicted octanol–water partition coefficient (Wildman–Crippen LogP) is 3.70. The molecule has 5 heteroatoms. The molecule has 0 unspecified atom stereocenters. The molecule has 0 fully saturated rings. The molecule has 0 saturated carbocycles. The van der Waals surface area contributed by atoms with E-state index in [0.29, 0.717) is 11.4 Å². The van der Waals surface area contributed by atoms with Crippen LogP contribution in [0.15, 0.2) is 48.5 Å². The van der Waals surface area contributed by atoms with Gasteiger partial charge in [-0.15, -0.1) is 0 Å². The summed E-state index contributed by atoms with van der Waals surface area (Å²) in [7, 11) is 0. The number of rotatable bonds is 5. The molecule has 2 rings (SSSR count). The van der Waals surface area contributed by atoms with E-state index in [2.05, 4.69) is 26.1 Å². The Kier molecular flexibility index (Phi) is 5.24. The molecule has 0 radical (unpaired) electrons. The van der Waals surface area contributed by atoms with Crippen LogP contribution in [-0.2, 0) is 10.2 Å². The van der Waals surface area contributed by atoms with Crippen LogP contribution in [0.5, 0.6) is 5.75 Å². The Balaban J connectivity index is 1.87. The SMILES string of the molecule is CC(C)(C)c1ccc(OCC(=O)Nc2ccc(C(=O)O)cc2)cc1. The number of amides is 1.